The molecular formula is C28H23F3O3. The molecule has 0 aliphatic carbocycles. The van der Waals surface area contributed by atoms with Crippen LogP contribution in [0.15, 0.2) is 78.9 Å². The lowest BCUT2D eigenvalue weighted by atomic mass is 9.97. The van der Waals surface area contributed by atoms with Crippen molar-refractivity contribution in [3.8, 4) is 33.8 Å². The predicted molar refractivity (Wildman–Crippen MR) is 125 cm³/mol. The first-order valence-electron chi connectivity index (χ1n) is 10.8. The highest BCUT2D eigenvalue weighted by molar-refractivity contribution is 5.72. The Hall–Kier alpha value is -3.77. The molecule has 0 saturated carbocycles. The van der Waals surface area contributed by atoms with Gasteiger partial charge in [-0.25, -0.2) is 13.2 Å². The maximum Gasteiger partial charge on any atom is 0.168 e. The van der Waals surface area contributed by atoms with Gasteiger partial charge in [-0.2, -0.15) is 0 Å². The van der Waals surface area contributed by atoms with Crippen LogP contribution in [0.2, 0.25) is 0 Å². The van der Waals surface area contributed by atoms with E-state index in [0.29, 0.717) is 29.0 Å². The van der Waals surface area contributed by atoms with Crippen LogP contribution in [-0.4, -0.2) is 11.7 Å². The molecule has 0 aliphatic heterocycles. The molecule has 6 heteroatoms. The lowest BCUT2D eigenvalue weighted by Crippen LogP contribution is -1.98. The predicted octanol–water partition coefficient (Wildman–Crippen LogP) is 6.91. The van der Waals surface area contributed by atoms with Crippen molar-refractivity contribution in [2.75, 3.05) is 6.61 Å². The fraction of sp³-hybridized carbons (Fsp3) is 0.143. The molecular weight excluding hydrogens is 441 g/mol. The van der Waals surface area contributed by atoms with Crippen LogP contribution in [0.3, 0.4) is 0 Å². The Morgan fingerprint density at radius 2 is 1.24 bits per heavy atom. The lowest BCUT2D eigenvalue weighted by molar-refractivity contribution is 0.282. The second-order valence-electron chi connectivity index (χ2n) is 7.65. The molecule has 4 aromatic rings. The van der Waals surface area contributed by atoms with E-state index in [0.717, 1.165) is 5.56 Å². The van der Waals surface area contributed by atoms with Crippen molar-refractivity contribution in [2.45, 2.75) is 20.1 Å². The normalized spacial score (nSPS) is 10.9. The summed E-state index contributed by atoms with van der Waals surface area (Å²) in [5, 5.41) is 9.15. The Balaban J connectivity index is 1.48. The van der Waals surface area contributed by atoms with Gasteiger partial charge in [0.1, 0.15) is 12.4 Å². The van der Waals surface area contributed by atoms with Crippen LogP contribution in [0.4, 0.5) is 13.2 Å². The number of ether oxygens (including phenoxy) is 2. The van der Waals surface area contributed by atoms with E-state index >= 15 is 0 Å². The van der Waals surface area contributed by atoms with E-state index in [4.69, 9.17) is 14.6 Å². The van der Waals surface area contributed by atoms with E-state index in [2.05, 4.69) is 0 Å². The molecule has 174 valence electrons. The molecule has 4 rings (SSSR count). The van der Waals surface area contributed by atoms with Crippen molar-refractivity contribution in [1.82, 2.24) is 0 Å². The maximum atomic E-state index is 14.9. The largest absolute Gasteiger partial charge is 0.491 e. The third-order valence-electron chi connectivity index (χ3n) is 5.40. The molecule has 0 spiro atoms. The van der Waals surface area contributed by atoms with Gasteiger partial charge in [0.25, 0.3) is 0 Å². The van der Waals surface area contributed by atoms with Gasteiger partial charge in [-0.3, -0.25) is 0 Å². The average Bonchev–Trinajstić information content (AvgIpc) is 2.86. The molecule has 0 atom stereocenters. The minimum atomic E-state index is -0.933. The summed E-state index contributed by atoms with van der Waals surface area (Å²) in [5.74, 6) is -1.83. The summed E-state index contributed by atoms with van der Waals surface area (Å²) in [6.07, 6.45) is 0. The number of hydrogen-bond acceptors (Lipinski definition) is 3. The van der Waals surface area contributed by atoms with Crippen LogP contribution in [0, 0.1) is 17.5 Å². The van der Waals surface area contributed by atoms with Crippen molar-refractivity contribution in [3.63, 3.8) is 0 Å². The molecule has 0 heterocycles. The van der Waals surface area contributed by atoms with Crippen molar-refractivity contribution >= 4 is 0 Å². The van der Waals surface area contributed by atoms with Crippen LogP contribution in [0.25, 0.3) is 22.3 Å². The van der Waals surface area contributed by atoms with Gasteiger partial charge in [-0.1, -0.05) is 60.7 Å². The summed E-state index contributed by atoms with van der Waals surface area (Å²) in [4.78, 5) is 0. The summed E-state index contributed by atoms with van der Waals surface area (Å²) in [6.45, 7) is 2.22. The maximum absolute atomic E-state index is 14.9. The lowest BCUT2D eigenvalue weighted by Gasteiger charge is -2.11. The molecule has 0 fully saturated rings. The average molecular weight is 464 g/mol. The zero-order valence-electron chi connectivity index (χ0n) is 18.5. The fourth-order valence-corrected chi connectivity index (χ4v) is 3.58. The molecule has 0 aromatic heterocycles. The Kier molecular flexibility index (Phi) is 7.18. The van der Waals surface area contributed by atoms with Gasteiger partial charge in [0.2, 0.25) is 0 Å². The van der Waals surface area contributed by atoms with Crippen LogP contribution < -0.4 is 9.47 Å². The second kappa shape index (κ2) is 10.4. The van der Waals surface area contributed by atoms with Gasteiger partial charge in [-0.05, 0) is 41.3 Å². The third kappa shape index (κ3) is 5.07. The summed E-state index contributed by atoms with van der Waals surface area (Å²) in [5.41, 5.74) is 2.83. The van der Waals surface area contributed by atoms with E-state index < -0.39 is 17.5 Å². The summed E-state index contributed by atoms with van der Waals surface area (Å²) >= 11 is 0. The number of benzene rings is 4. The monoisotopic (exact) mass is 464 g/mol. The Morgan fingerprint density at radius 3 is 1.74 bits per heavy atom. The number of hydrogen-bond donors (Lipinski definition) is 1. The topological polar surface area (TPSA) is 38.7 Å². The summed E-state index contributed by atoms with van der Waals surface area (Å²) in [7, 11) is 0. The minimum Gasteiger partial charge on any atom is -0.491 e. The standard InChI is InChI=1S/C28H23F3O3/c1-2-33-26-14-11-22(15-25(26)29)34-17-19-5-9-21(10-6-19)24-13-12-23(27(30)28(24)31)20-7-3-18(16-32)4-8-20/h3-15,32H,2,16-17H2,1H3. The van der Waals surface area contributed by atoms with Crippen molar-refractivity contribution < 1.29 is 27.8 Å². The number of halogens is 3. The molecule has 0 aliphatic rings. The van der Waals surface area contributed by atoms with Gasteiger partial charge in [0, 0.05) is 17.2 Å². The molecule has 0 bridgehead atoms. The minimum absolute atomic E-state index is 0.117. The van der Waals surface area contributed by atoms with Crippen LogP contribution >= 0.6 is 0 Å². The zero-order valence-corrected chi connectivity index (χ0v) is 18.5. The van der Waals surface area contributed by atoms with Gasteiger partial charge < -0.3 is 14.6 Å². The number of aliphatic hydroxyl groups is 1. The van der Waals surface area contributed by atoms with Gasteiger partial charge in [0.15, 0.2) is 23.2 Å². The highest BCUT2D eigenvalue weighted by Gasteiger charge is 2.16. The number of rotatable bonds is 8. The third-order valence-corrected chi connectivity index (χ3v) is 5.40. The SMILES string of the molecule is CCOc1ccc(OCc2ccc(-c3ccc(-c4ccc(CO)cc4)c(F)c3F)cc2)cc1F. The summed E-state index contributed by atoms with van der Waals surface area (Å²) in [6, 6.07) is 21.0. The van der Waals surface area contributed by atoms with Crippen LogP contribution in [0.5, 0.6) is 11.5 Å². The van der Waals surface area contributed by atoms with Gasteiger partial charge in [0.05, 0.1) is 13.2 Å². The summed E-state index contributed by atoms with van der Waals surface area (Å²) < 4.78 is 54.5. The smallest absolute Gasteiger partial charge is 0.168 e. The zero-order chi connectivity index (χ0) is 24.1. The first-order valence-corrected chi connectivity index (χ1v) is 10.8. The molecule has 4 aromatic carbocycles. The van der Waals surface area contributed by atoms with Crippen LogP contribution in [-0.2, 0) is 13.2 Å². The van der Waals surface area contributed by atoms with Gasteiger partial charge in [-0.15, -0.1) is 0 Å². The first kappa shape index (κ1) is 23.4. The molecule has 1 N–H and O–H groups in total. The van der Waals surface area contributed by atoms with E-state index in [-0.39, 0.29) is 30.1 Å². The second-order valence-corrected chi connectivity index (χ2v) is 7.65. The first-order chi connectivity index (χ1) is 16.5. The Morgan fingerprint density at radius 1 is 0.676 bits per heavy atom. The number of aliphatic hydroxyl groups excluding tert-OH is 1. The molecule has 0 saturated heterocycles. The highest BCUT2D eigenvalue weighted by atomic mass is 19.2. The van der Waals surface area contributed by atoms with E-state index in [9.17, 15) is 13.2 Å². The molecule has 34 heavy (non-hydrogen) atoms. The van der Waals surface area contributed by atoms with Crippen molar-refractivity contribution in [1.29, 1.82) is 0 Å². The molecule has 0 amide bonds. The fourth-order valence-electron chi connectivity index (χ4n) is 3.58. The molecule has 0 unspecified atom stereocenters. The van der Waals surface area contributed by atoms with Crippen LogP contribution in [0.1, 0.15) is 18.1 Å². The molecule has 0 radical (unpaired) electrons. The van der Waals surface area contributed by atoms with Gasteiger partial charge >= 0.3 is 0 Å². The van der Waals surface area contributed by atoms with E-state index in [1.807, 2.05) is 0 Å². The van der Waals surface area contributed by atoms with E-state index in [1.54, 1.807) is 73.7 Å². The Bertz CT molecular complexity index is 1270. The highest BCUT2D eigenvalue weighted by Crippen LogP contribution is 2.32. The van der Waals surface area contributed by atoms with E-state index in [1.165, 1.54) is 12.1 Å². The molecule has 3 nitrogen and oxygen atoms in total. The van der Waals surface area contributed by atoms with Crippen molar-refractivity contribution in [3.05, 3.63) is 107 Å². The quantitative estimate of drug-likeness (QED) is 0.308. The Labute approximate surface area is 196 Å². The van der Waals surface area contributed by atoms with Crippen molar-refractivity contribution in [2.24, 2.45) is 0 Å².